The summed E-state index contributed by atoms with van der Waals surface area (Å²) in [4.78, 5) is 11.7. The van der Waals surface area contributed by atoms with Crippen LogP contribution < -0.4 is 0 Å². The molecular formula is C15H11NO4S. The van der Waals surface area contributed by atoms with Crippen LogP contribution in [0.25, 0.3) is 11.5 Å². The summed E-state index contributed by atoms with van der Waals surface area (Å²) in [5.74, 6) is 0.948. The van der Waals surface area contributed by atoms with E-state index in [2.05, 4.69) is 5.16 Å². The first kappa shape index (κ1) is 13.5. The van der Waals surface area contributed by atoms with Crippen molar-refractivity contribution in [1.29, 1.82) is 0 Å². The third-order valence-electron chi connectivity index (χ3n) is 2.81. The van der Waals surface area contributed by atoms with Crippen molar-refractivity contribution in [3.63, 3.8) is 0 Å². The first-order valence-electron chi connectivity index (χ1n) is 6.18. The average molecular weight is 301 g/mol. The van der Waals surface area contributed by atoms with Crippen molar-refractivity contribution in [2.45, 2.75) is 10.6 Å². The molecule has 2 heterocycles. The second-order valence-corrected chi connectivity index (χ2v) is 5.33. The van der Waals surface area contributed by atoms with Gasteiger partial charge in [0.1, 0.15) is 0 Å². The van der Waals surface area contributed by atoms with Crippen LogP contribution in [0.15, 0.2) is 62.6 Å². The van der Waals surface area contributed by atoms with Gasteiger partial charge in [-0.15, -0.1) is 11.8 Å². The summed E-state index contributed by atoms with van der Waals surface area (Å²) in [5, 5.41) is 12.8. The predicted octanol–water partition coefficient (Wildman–Crippen LogP) is 3.93. The van der Waals surface area contributed by atoms with Gasteiger partial charge in [-0.25, -0.2) is 4.79 Å². The van der Waals surface area contributed by atoms with E-state index in [4.69, 9.17) is 14.0 Å². The maximum atomic E-state index is 10.8. The van der Waals surface area contributed by atoms with Crippen molar-refractivity contribution >= 4 is 17.7 Å². The Balaban J connectivity index is 1.64. The molecule has 0 saturated carbocycles. The van der Waals surface area contributed by atoms with E-state index in [9.17, 15) is 4.79 Å². The lowest BCUT2D eigenvalue weighted by atomic mass is 10.2. The number of carboxylic acid groups (broad SMARTS) is 1. The van der Waals surface area contributed by atoms with E-state index in [0.717, 1.165) is 10.6 Å². The first-order chi connectivity index (χ1) is 10.2. The number of benzene rings is 1. The van der Waals surface area contributed by atoms with E-state index in [1.54, 1.807) is 48.4 Å². The summed E-state index contributed by atoms with van der Waals surface area (Å²) in [6, 6.07) is 12.2. The third kappa shape index (κ3) is 3.17. The monoisotopic (exact) mass is 301 g/mol. The Labute approximate surface area is 124 Å². The predicted molar refractivity (Wildman–Crippen MR) is 77.2 cm³/mol. The van der Waals surface area contributed by atoms with Crippen molar-refractivity contribution in [2.24, 2.45) is 0 Å². The highest BCUT2D eigenvalue weighted by Gasteiger charge is 2.09. The first-order valence-corrected chi connectivity index (χ1v) is 7.16. The normalized spacial score (nSPS) is 10.7. The molecule has 1 N–H and O–H groups in total. The van der Waals surface area contributed by atoms with Gasteiger partial charge >= 0.3 is 5.97 Å². The highest BCUT2D eigenvalue weighted by molar-refractivity contribution is 7.98. The van der Waals surface area contributed by atoms with E-state index in [1.807, 2.05) is 12.1 Å². The van der Waals surface area contributed by atoms with Crippen molar-refractivity contribution in [3.8, 4) is 11.5 Å². The number of nitrogens with zero attached hydrogens (tertiary/aromatic N) is 1. The molecule has 0 aliphatic carbocycles. The average Bonchev–Trinajstić information content (AvgIpc) is 3.16. The van der Waals surface area contributed by atoms with Crippen molar-refractivity contribution < 1.29 is 18.8 Å². The van der Waals surface area contributed by atoms with Gasteiger partial charge in [-0.2, -0.15) is 0 Å². The number of thioether (sulfide) groups is 1. The molecule has 0 radical (unpaired) electrons. The van der Waals surface area contributed by atoms with Crippen LogP contribution in [0.3, 0.4) is 0 Å². The molecule has 5 nitrogen and oxygen atoms in total. The molecule has 0 aliphatic heterocycles. The summed E-state index contributed by atoms with van der Waals surface area (Å²) in [5.41, 5.74) is 1.08. The fourth-order valence-electron chi connectivity index (χ4n) is 1.77. The lowest BCUT2D eigenvalue weighted by molar-refractivity contribution is 0.0697. The molecule has 0 unspecified atom stereocenters. The maximum Gasteiger partial charge on any atom is 0.335 e. The molecule has 21 heavy (non-hydrogen) atoms. The Bertz CT molecular complexity index is 731. The minimum Gasteiger partial charge on any atom is -0.478 e. The molecule has 0 aliphatic rings. The second-order valence-electron chi connectivity index (χ2n) is 4.28. The lowest BCUT2D eigenvalue weighted by Gasteiger charge is -1.99. The minimum absolute atomic E-state index is 0.279. The number of furan rings is 1. The molecule has 1 aromatic carbocycles. The van der Waals surface area contributed by atoms with E-state index in [1.165, 1.54) is 0 Å². The Morgan fingerprint density at radius 3 is 2.67 bits per heavy atom. The number of carboxylic acids is 1. The molecule has 6 heteroatoms. The quantitative estimate of drug-likeness (QED) is 0.720. The Morgan fingerprint density at radius 1 is 1.19 bits per heavy atom. The van der Waals surface area contributed by atoms with Gasteiger partial charge in [0.25, 0.3) is 0 Å². The van der Waals surface area contributed by atoms with Crippen LogP contribution in [0, 0.1) is 0 Å². The Morgan fingerprint density at radius 2 is 2.00 bits per heavy atom. The summed E-state index contributed by atoms with van der Waals surface area (Å²) >= 11 is 1.56. The molecule has 0 saturated heterocycles. The topological polar surface area (TPSA) is 76.5 Å². The summed E-state index contributed by atoms with van der Waals surface area (Å²) < 4.78 is 10.4. The number of hydrogen-bond acceptors (Lipinski definition) is 5. The maximum absolute atomic E-state index is 10.8. The molecule has 0 bridgehead atoms. The van der Waals surface area contributed by atoms with E-state index >= 15 is 0 Å². The van der Waals surface area contributed by atoms with Gasteiger partial charge in [0.05, 0.1) is 17.5 Å². The summed E-state index contributed by atoms with van der Waals surface area (Å²) in [6.07, 6.45) is 1.58. The number of carbonyl (C=O) groups is 1. The van der Waals surface area contributed by atoms with Crippen LogP contribution in [0.4, 0.5) is 0 Å². The standard InChI is InChI=1S/C15H11NO4S/c17-15(18)10-3-5-12(6-4-10)21-9-11-8-14(20-16-11)13-2-1-7-19-13/h1-8H,9H2,(H,17,18). The fraction of sp³-hybridized carbons (Fsp3) is 0.0667. The SMILES string of the molecule is O=C(O)c1ccc(SCc2cc(-c3ccco3)on2)cc1. The van der Waals surface area contributed by atoms with Gasteiger partial charge in [0, 0.05) is 16.7 Å². The highest BCUT2D eigenvalue weighted by Crippen LogP contribution is 2.26. The van der Waals surface area contributed by atoms with E-state index in [-0.39, 0.29) is 5.56 Å². The molecule has 3 rings (SSSR count). The van der Waals surface area contributed by atoms with E-state index < -0.39 is 5.97 Å². The molecule has 0 fully saturated rings. The largest absolute Gasteiger partial charge is 0.478 e. The van der Waals surface area contributed by atoms with Crippen LogP contribution in [0.1, 0.15) is 16.1 Å². The summed E-state index contributed by atoms with van der Waals surface area (Å²) in [6.45, 7) is 0. The van der Waals surface area contributed by atoms with Crippen LogP contribution in [-0.2, 0) is 5.75 Å². The van der Waals surface area contributed by atoms with Gasteiger partial charge in [-0.05, 0) is 36.4 Å². The summed E-state index contributed by atoms with van der Waals surface area (Å²) in [7, 11) is 0. The minimum atomic E-state index is -0.925. The number of aromatic carboxylic acids is 1. The van der Waals surface area contributed by atoms with Crippen molar-refractivity contribution in [1.82, 2.24) is 5.16 Å². The van der Waals surface area contributed by atoms with Crippen molar-refractivity contribution in [3.05, 3.63) is 60.0 Å². The van der Waals surface area contributed by atoms with Gasteiger partial charge in [-0.1, -0.05) is 5.16 Å². The highest BCUT2D eigenvalue weighted by atomic mass is 32.2. The molecule has 2 aromatic heterocycles. The number of rotatable bonds is 5. The molecule has 106 valence electrons. The number of aromatic nitrogens is 1. The Hall–Kier alpha value is -2.47. The fourth-order valence-corrected chi connectivity index (χ4v) is 2.54. The molecule has 0 atom stereocenters. The molecule has 0 spiro atoms. The zero-order valence-corrected chi connectivity index (χ0v) is 11.7. The van der Waals surface area contributed by atoms with Gasteiger partial charge in [0.2, 0.25) is 5.76 Å². The van der Waals surface area contributed by atoms with Crippen LogP contribution in [0.2, 0.25) is 0 Å². The van der Waals surface area contributed by atoms with Crippen LogP contribution in [0.5, 0.6) is 0 Å². The van der Waals surface area contributed by atoms with Gasteiger partial charge in [-0.3, -0.25) is 0 Å². The Kier molecular flexibility index (Phi) is 3.79. The zero-order valence-electron chi connectivity index (χ0n) is 10.9. The third-order valence-corrected chi connectivity index (χ3v) is 3.86. The number of hydrogen-bond donors (Lipinski definition) is 1. The van der Waals surface area contributed by atoms with E-state index in [0.29, 0.717) is 17.3 Å². The smallest absolute Gasteiger partial charge is 0.335 e. The van der Waals surface area contributed by atoms with Crippen molar-refractivity contribution in [2.75, 3.05) is 0 Å². The zero-order chi connectivity index (χ0) is 14.7. The van der Waals surface area contributed by atoms with Gasteiger partial charge in [0.15, 0.2) is 5.76 Å². The van der Waals surface area contributed by atoms with Crippen LogP contribution in [-0.4, -0.2) is 16.2 Å². The lowest BCUT2D eigenvalue weighted by Crippen LogP contribution is -1.94. The molecule has 3 aromatic rings. The van der Waals surface area contributed by atoms with Gasteiger partial charge < -0.3 is 14.0 Å². The molecule has 0 amide bonds. The molecular weight excluding hydrogens is 290 g/mol. The second kappa shape index (κ2) is 5.88. The van der Waals surface area contributed by atoms with Crippen LogP contribution >= 0.6 is 11.8 Å².